The van der Waals surface area contributed by atoms with E-state index in [4.69, 9.17) is 0 Å². The first kappa shape index (κ1) is 10.0. The summed E-state index contributed by atoms with van der Waals surface area (Å²) in [6.07, 6.45) is 0. The van der Waals surface area contributed by atoms with Crippen LogP contribution in [0.15, 0.2) is 0 Å². The second kappa shape index (κ2) is 3.75. The zero-order valence-electron chi connectivity index (χ0n) is 9.04. The van der Waals surface area contributed by atoms with Crippen molar-refractivity contribution in [3.05, 3.63) is 0 Å². The van der Waals surface area contributed by atoms with Crippen molar-refractivity contribution >= 4 is 0 Å². The Bertz CT molecular complexity index is 133. The minimum absolute atomic E-state index is 0.698. The van der Waals surface area contributed by atoms with Gasteiger partial charge in [-0.2, -0.15) is 0 Å². The standard InChI is InChI=1S/C10H22N2/c1-8(2)12-6-9(3)11(5)10(4)7-12/h8-10H,6-7H2,1-5H3/t9-,10-/m1/s1. The van der Waals surface area contributed by atoms with Gasteiger partial charge < -0.3 is 0 Å². The van der Waals surface area contributed by atoms with Crippen LogP contribution in [0.25, 0.3) is 0 Å². The molecular formula is C10H22N2. The van der Waals surface area contributed by atoms with Crippen molar-refractivity contribution in [2.24, 2.45) is 0 Å². The van der Waals surface area contributed by atoms with Crippen molar-refractivity contribution < 1.29 is 0 Å². The van der Waals surface area contributed by atoms with E-state index in [0.717, 1.165) is 0 Å². The van der Waals surface area contributed by atoms with Crippen LogP contribution in [0, 0.1) is 0 Å². The molecule has 72 valence electrons. The Kier molecular flexibility index (Phi) is 3.13. The number of rotatable bonds is 1. The summed E-state index contributed by atoms with van der Waals surface area (Å²) in [5, 5.41) is 0. The largest absolute Gasteiger partial charge is 0.298 e. The lowest BCUT2D eigenvalue weighted by molar-refractivity contribution is 0.0425. The van der Waals surface area contributed by atoms with Gasteiger partial charge in [0.05, 0.1) is 0 Å². The van der Waals surface area contributed by atoms with Crippen LogP contribution in [0.2, 0.25) is 0 Å². The van der Waals surface area contributed by atoms with Crippen molar-refractivity contribution in [2.75, 3.05) is 20.1 Å². The van der Waals surface area contributed by atoms with Crippen molar-refractivity contribution in [1.29, 1.82) is 0 Å². The molecule has 1 saturated heterocycles. The first-order chi connectivity index (χ1) is 5.52. The Balaban J connectivity index is 2.53. The van der Waals surface area contributed by atoms with Gasteiger partial charge in [-0.15, -0.1) is 0 Å². The van der Waals surface area contributed by atoms with Gasteiger partial charge in [-0.05, 0) is 34.7 Å². The summed E-state index contributed by atoms with van der Waals surface area (Å²) in [6, 6.07) is 2.11. The molecule has 0 amide bonds. The number of piperazine rings is 1. The summed E-state index contributed by atoms with van der Waals surface area (Å²) < 4.78 is 0. The third-order valence-electron chi connectivity index (χ3n) is 3.12. The number of likely N-dealkylation sites (N-methyl/N-ethyl adjacent to an activating group) is 1. The van der Waals surface area contributed by atoms with Gasteiger partial charge in [0.2, 0.25) is 0 Å². The highest BCUT2D eigenvalue weighted by molar-refractivity contribution is 4.83. The van der Waals surface area contributed by atoms with Crippen LogP contribution >= 0.6 is 0 Å². The quantitative estimate of drug-likeness (QED) is 0.587. The Morgan fingerprint density at radius 3 is 1.83 bits per heavy atom. The lowest BCUT2D eigenvalue weighted by Gasteiger charge is -2.44. The van der Waals surface area contributed by atoms with Crippen LogP contribution in [-0.2, 0) is 0 Å². The van der Waals surface area contributed by atoms with E-state index in [2.05, 4.69) is 44.5 Å². The molecule has 0 aromatic carbocycles. The van der Waals surface area contributed by atoms with Gasteiger partial charge in [0.15, 0.2) is 0 Å². The summed E-state index contributed by atoms with van der Waals surface area (Å²) in [4.78, 5) is 5.04. The third kappa shape index (κ3) is 1.99. The number of nitrogens with zero attached hydrogens (tertiary/aromatic N) is 2. The SMILES string of the molecule is CC(C)N1C[C@@H](C)N(C)[C@H](C)C1. The van der Waals surface area contributed by atoms with E-state index in [1.54, 1.807) is 0 Å². The Labute approximate surface area is 76.5 Å². The predicted molar refractivity (Wildman–Crippen MR) is 53.4 cm³/mol. The van der Waals surface area contributed by atoms with E-state index < -0.39 is 0 Å². The van der Waals surface area contributed by atoms with Crippen LogP contribution in [-0.4, -0.2) is 48.1 Å². The predicted octanol–water partition coefficient (Wildman–Crippen LogP) is 1.42. The van der Waals surface area contributed by atoms with Gasteiger partial charge in [-0.1, -0.05) is 0 Å². The second-order valence-corrected chi connectivity index (χ2v) is 4.41. The maximum absolute atomic E-state index is 2.56. The Hall–Kier alpha value is -0.0800. The van der Waals surface area contributed by atoms with Crippen LogP contribution in [0.5, 0.6) is 0 Å². The number of hydrogen-bond donors (Lipinski definition) is 0. The topological polar surface area (TPSA) is 6.48 Å². The Morgan fingerprint density at radius 1 is 1.08 bits per heavy atom. The van der Waals surface area contributed by atoms with Crippen molar-refractivity contribution in [3.8, 4) is 0 Å². The summed E-state index contributed by atoms with van der Waals surface area (Å²) in [7, 11) is 2.23. The van der Waals surface area contributed by atoms with Gasteiger partial charge >= 0.3 is 0 Å². The smallest absolute Gasteiger partial charge is 0.0195 e. The molecule has 0 radical (unpaired) electrons. The highest BCUT2D eigenvalue weighted by atomic mass is 15.3. The molecule has 1 heterocycles. The monoisotopic (exact) mass is 170 g/mol. The summed E-state index contributed by atoms with van der Waals surface area (Å²) in [6.45, 7) is 11.6. The molecule has 2 heteroatoms. The zero-order chi connectivity index (χ0) is 9.30. The minimum Gasteiger partial charge on any atom is -0.298 e. The molecule has 12 heavy (non-hydrogen) atoms. The van der Waals surface area contributed by atoms with Crippen molar-refractivity contribution in [3.63, 3.8) is 0 Å². The highest BCUT2D eigenvalue weighted by Crippen LogP contribution is 2.14. The molecule has 1 aliphatic heterocycles. The van der Waals surface area contributed by atoms with Crippen LogP contribution in [0.4, 0.5) is 0 Å². The van der Waals surface area contributed by atoms with Gasteiger partial charge in [0, 0.05) is 31.2 Å². The molecule has 0 N–H and O–H groups in total. The van der Waals surface area contributed by atoms with Crippen LogP contribution in [0.1, 0.15) is 27.7 Å². The molecular weight excluding hydrogens is 148 g/mol. The molecule has 0 aromatic rings. The lowest BCUT2D eigenvalue weighted by Crippen LogP contribution is -2.56. The fourth-order valence-corrected chi connectivity index (χ4v) is 1.87. The minimum atomic E-state index is 0.698. The fraction of sp³-hybridized carbons (Fsp3) is 1.00. The first-order valence-corrected chi connectivity index (χ1v) is 4.98. The molecule has 0 bridgehead atoms. The summed E-state index contributed by atoms with van der Waals surface area (Å²) >= 11 is 0. The van der Waals surface area contributed by atoms with Crippen LogP contribution < -0.4 is 0 Å². The summed E-state index contributed by atoms with van der Waals surface area (Å²) in [5.74, 6) is 0. The zero-order valence-corrected chi connectivity index (χ0v) is 9.04. The summed E-state index contributed by atoms with van der Waals surface area (Å²) in [5.41, 5.74) is 0. The van der Waals surface area contributed by atoms with E-state index in [0.29, 0.717) is 18.1 Å². The average Bonchev–Trinajstić information content (AvgIpc) is 1.99. The molecule has 0 unspecified atom stereocenters. The average molecular weight is 170 g/mol. The molecule has 1 rings (SSSR count). The fourth-order valence-electron chi connectivity index (χ4n) is 1.87. The normalized spacial score (nSPS) is 34.5. The van der Waals surface area contributed by atoms with E-state index >= 15 is 0 Å². The lowest BCUT2D eigenvalue weighted by atomic mass is 10.1. The molecule has 0 aromatic heterocycles. The molecule has 1 aliphatic rings. The van der Waals surface area contributed by atoms with Gasteiger partial charge in [-0.3, -0.25) is 9.80 Å². The maximum Gasteiger partial charge on any atom is 0.0195 e. The molecule has 2 nitrogen and oxygen atoms in total. The van der Waals surface area contributed by atoms with Gasteiger partial charge in [0.25, 0.3) is 0 Å². The Morgan fingerprint density at radius 2 is 1.50 bits per heavy atom. The molecule has 1 fully saturated rings. The van der Waals surface area contributed by atoms with E-state index in [9.17, 15) is 0 Å². The van der Waals surface area contributed by atoms with Gasteiger partial charge in [-0.25, -0.2) is 0 Å². The van der Waals surface area contributed by atoms with E-state index in [1.165, 1.54) is 13.1 Å². The van der Waals surface area contributed by atoms with Crippen LogP contribution in [0.3, 0.4) is 0 Å². The van der Waals surface area contributed by atoms with Crippen molar-refractivity contribution in [2.45, 2.75) is 45.8 Å². The third-order valence-corrected chi connectivity index (χ3v) is 3.12. The molecule has 0 saturated carbocycles. The molecule has 0 aliphatic carbocycles. The van der Waals surface area contributed by atoms with E-state index in [-0.39, 0.29) is 0 Å². The second-order valence-electron chi connectivity index (χ2n) is 4.41. The first-order valence-electron chi connectivity index (χ1n) is 4.98. The highest BCUT2D eigenvalue weighted by Gasteiger charge is 2.27. The van der Waals surface area contributed by atoms with Crippen molar-refractivity contribution in [1.82, 2.24) is 9.80 Å². The molecule has 2 atom stereocenters. The van der Waals surface area contributed by atoms with Gasteiger partial charge in [0.1, 0.15) is 0 Å². The maximum atomic E-state index is 2.56. The molecule has 0 spiro atoms. The van der Waals surface area contributed by atoms with E-state index in [1.807, 2.05) is 0 Å². The number of hydrogen-bond acceptors (Lipinski definition) is 2.